The molecule has 2 aliphatic rings. The molecule has 28 heavy (non-hydrogen) atoms. The molecular weight excluding hydrogens is 372 g/mol. The van der Waals surface area contributed by atoms with Crippen molar-refractivity contribution in [2.24, 2.45) is 5.92 Å². The molecular formula is C22H26N2O3S. The summed E-state index contributed by atoms with van der Waals surface area (Å²) in [7, 11) is 0. The second-order valence-electron chi connectivity index (χ2n) is 7.78. The van der Waals surface area contributed by atoms with Crippen LogP contribution in [0.2, 0.25) is 0 Å². The summed E-state index contributed by atoms with van der Waals surface area (Å²) in [6, 6.07) is 8.02. The Labute approximate surface area is 169 Å². The Hall–Kier alpha value is -2.34. The van der Waals surface area contributed by atoms with Gasteiger partial charge < -0.3 is 14.5 Å². The van der Waals surface area contributed by atoms with E-state index in [2.05, 4.69) is 6.92 Å². The third kappa shape index (κ3) is 3.92. The van der Waals surface area contributed by atoms with Crippen LogP contribution >= 0.6 is 11.3 Å². The molecule has 4 rings (SSSR count). The maximum atomic E-state index is 13.0. The van der Waals surface area contributed by atoms with Crippen LogP contribution in [0.4, 0.5) is 5.69 Å². The van der Waals surface area contributed by atoms with Gasteiger partial charge in [-0.3, -0.25) is 9.59 Å². The molecule has 1 atom stereocenters. The van der Waals surface area contributed by atoms with Crippen molar-refractivity contribution >= 4 is 28.8 Å². The SMILES string of the molecule is Cc1ccc(N2C[C@H](C(=O)N3CCC(Oc4ccsc4)CC3)CC2=O)cc1C. The van der Waals surface area contributed by atoms with E-state index in [1.807, 2.05) is 46.8 Å². The highest BCUT2D eigenvalue weighted by atomic mass is 32.1. The average molecular weight is 399 g/mol. The van der Waals surface area contributed by atoms with Crippen LogP contribution in [-0.2, 0) is 9.59 Å². The standard InChI is InChI=1S/C22H26N2O3S/c1-15-3-4-18(11-16(15)2)24-13-17(12-21(24)25)22(26)23-8-5-19(6-9-23)27-20-7-10-28-14-20/h3-4,7,10-11,14,17,19H,5-6,8-9,12-13H2,1-2H3/t17-/m1/s1. The molecule has 1 aromatic heterocycles. The van der Waals surface area contributed by atoms with Gasteiger partial charge in [-0.1, -0.05) is 6.07 Å². The number of benzene rings is 1. The molecule has 2 fully saturated rings. The summed E-state index contributed by atoms with van der Waals surface area (Å²) in [6.07, 6.45) is 2.14. The highest BCUT2D eigenvalue weighted by molar-refractivity contribution is 7.08. The number of anilines is 1. The summed E-state index contributed by atoms with van der Waals surface area (Å²) in [6.45, 7) is 5.97. The van der Waals surface area contributed by atoms with Crippen LogP contribution < -0.4 is 9.64 Å². The lowest BCUT2D eigenvalue weighted by atomic mass is 10.0. The Bertz CT molecular complexity index is 857. The van der Waals surface area contributed by atoms with Gasteiger partial charge in [0, 0.05) is 50.0 Å². The molecule has 0 bridgehead atoms. The maximum Gasteiger partial charge on any atom is 0.228 e. The summed E-state index contributed by atoms with van der Waals surface area (Å²) in [5.74, 6) is 0.814. The fraction of sp³-hybridized carbons (Fsp3) is 0.455. The number of piperidine rings is 1. The summed E-state index contributed by atoms with van der Waals surface area (Å²) in [5.41, 5.74) is 3.26. The van der Waals surface area contributed by atoms with Crippen molar-refractivity contribution in [2.45, 2.75) is 39.2 Å². The predicted molar refractivity (Wildman–Crippen MR) is 111 cm³/mol. The first-order chi connectivity index (χ1) is 13.5. The van der Waals surface area contributed by atoms with E-state index in [-0.39, 0.29) is 23.8 Å². The van der Waals surface area contributed by atoms with Crippen molar-refractivity contribution in [1.29, 1.82) is 0 Å². The Morgan fingerprint density at radius 3 is 2.61 bits per heavy atom. The lowest BCUT2D eigenvalue weighted by Gasteiger charge is -2.33. The van der Waals surface area contributed by atoms with E-state index >= 15 is 0 Å². The van der Waals surface area contributed by atoms with Crippen molar-refractivity contribution in [2.75, 3.05) is 24.5 Å². The number of amides is 2. The number of aryl methyl sites for hydroxylation is 2. The van der Waals surface area contributed by atoms with Crippen LogP contribution in [0, 0.1) is 19.8 Å². The van der Waals surface area contributed by atoms with Crippen LogP contribution in [0.15, 0.2) is 35.0 Å². The summed E-state index contributed by atoms with van der Waals surface area (Å²) in [5, 5.41) is 4.01. The van der Waals surface area contributed by atoms with Crippen molar-refractivity contribution in [3.63, 3.8) is 0 Å². The summed E-state index contributed by atoms with van der Waals surface area (Å²) >= 11 is 1.62. The molecule has 2 aliphatic heterocycles. The van der Waals surface area contributed by atoms with Gasteiger partial charge in [0.25, 0.3) is 0 Å². The number of rotatable bonds is 4. The Balaban J connectivity index is 1.34. The largest absolute Gasteiger partial charge is 0.489 e. The van der Waals surface area contributed by atoms with Gasteiger partial charge in [-0.15, -0.1) is 11.3 Å². The van der Waals surface area contributed by atoms with Crippen molar-refractivity contribution in [3.8, 4) is 5.75 Å². The Morgan fingerprint density at radius 2 is 1.93 bits per heavy atom. The van der Waals surface area contributed by atoms with Gasteiger partial charge in [0.15, 0.2) is 0 Å². The van der Waals surface area contributed by atoms with E-state index < -0.39 is 0 Å². The van der Waals surface area contributed by atoms with Crippen LogP contribution in [-0.4, -0.2) is 42.5 Å². The van der Waals surface area contributed by atoms with Crippen molar-refractivity contribution in [1.82, 2.24) is 4.90 Å². The van der Waals surface area contributed by atoms with Crippen LogP contribution in [0.3, 0.4) is 0 Å². The van der Waals surface area contributed by atoms with Crippen molar-refractivity contribution in [3.05, 3.63) is 46.2 Å². The fourth-order valence-corrected chi connectivity index (χ4v) is 4.54. The molecule has 1 aromatic carbocycles. The monoisotopic (exact) mass is 398 g/mol. The second-order valence-corrected chi connectivity index (χ2v) is 8.56. The fourth-order valence-electron chi connectivity index (χ4n) is 3.98. The quantitative estimate of drug-likeness (QED) is 0.787. The highest BCUT2D eigenvalue weighted by Crippen LogP contribution is 2.29. The van der Waals surface area contributed by atoms with Crippen LogP contribution in [0.25, 0.3) is 0 Å². The lowest BCUT2D eigenvalue weighted by Crippen LogP contribution is -2.44. The number of hydrogen-bond donors (Lipinski definition) is 0. The smallest absolute Gasteiger partial charge is 0.228 e. The normalized spacial score (nSPS) is 20.6. The molecule has 6 heteroatoms. The zero-order valence-electron chi connectivity index (χ0n) is 16.4. The molecule has 5 nitrogen and oxygen atoms in total. The number of hydrogen-bond acceptors (Lipinski definition) is 4. The summed E-state index contributed by atoms with van der Waals surface area (Å²) < 4.78 is 5.97. The van der Waals surface area contributed by atoms with Gasteiger partial charge in [-0.05, 0) is 48.6 Å². The Kier molecular flexibility index (Phi) is 5.40. The molecule has 0 radical (unpaired) electrons. The average Bonchev–Trinajstić information content (AvgIpc) is 3.34. The van der Waals surface area contributed by atoms with E-state index in [1.165, 1.54) is 5.56 Å². The second kappa shape index (κ2) is 7.95. The number of thiophene rings is 1. The van der Waals surface area contributed by atoms with E-state index in [4.69, 9.17) is 4.74 Å². The first kappa shape index (κ1) is 19.0. The molecule has 0 unspecified atom stereocenters. The maximum absolute atomic E-state index is 13.0. The first-order valence-electron chi connectivity index (χ1n) is 9.86. The number of likely N-dealkylation sites (tertiary alicyclic amines) is 1. The number of nitrogens with zero attached hydrogens (tertiary/aromatic N) is 2. The highest BCUT2D eigenvalue weighted by Gasteiger charge is 2.38. The molecule has 2 saturated heterocycles. The van der Waals surface area contributed by atoms with Gasteiger partial charge in [-0.2, -0.15) is 0 Å². The Morgan fingerprint density at radius 1 is 1.14 bits per heavy atom. The molecule has 0 aliphatic carbocycles. The van der Waals surface area contributed by atoms with Gasteiger partial charge in [0.2, 0.25) is 11.8 Å². The third-order valence-corrected chi connectivity index (χ3v) is 6.49. The van der Waals surface area contributed by atoms with E-state index in [0.717, 1.165) is 29.8 Å². The number of carbonyl (C=O) groups is 2. The minimum atomic E-state index is -0.247. The molecule has 0 N–H and O–H groups in total. The topological polar surface area (TPSA) is 49.9 Å². The molecule has 0 saturated carbocycles. The van der Waals surface area contributed by atoms with Crippen LogP contribution in [0.1, 0.15) is 30.4 Å². The van der Waals surface area contributed by atoms with Crippen LogP contribution in [0.5, 0.6) is 5.75 Å². The van der Waals surface area contributed by atoms with E-state index in [9.17, 15) is 9.59 Å². The van der Waals surface area contributed by atoms with E-state index in [1.54, 1.807) is 16.2 Å². The minimum Gasteiger partial charge on any atom is -0.489 e. The third-order valence-electron chi connectivity index (χ3n) is 5.83. The predicted octanol–water partition coefficient (Wildman–Crippen LogP) is 3.79. The molecule has 0 spiro atoms. The lowest BCUT2D eigenvalue weighted by molar-refractivity contribution is -0.137. The zero-order valence-corrected chi connectivity index (χ0v) is 17.2. The van der Waals surface area contributed by atoms with E-state index in [0.29, 0.717) is 26.1 Å². The molecule has 3 heterocycles. The molecule has 2 amide bonds. The molecule has 2 aromatic rings. The van der Waals surface area contributed by atoms with Gasteiger partial charge in [0.1, 0.15) is 11.9 Å². The minimum absolute atomic E-state index is 0.0391. The zero-order chi connectivity index (χ0) is 19.7. The first-order valence-corrected chi connectivity index (χ1v) is 10.8. The molecule has 148 valence electrons. The summed E-state index contributed by atoms with van der Waals surface area (Å²) in [4.78, 5) is 29.2. The van der Waals surface area contributed by atoms with Gasteiger partial charge in [-0.25, -0.2) is 0 Å². The number of carbonyl (C=O) groups excluding carboxylic acids is 2. The van der Waals surface area contributed by atoms with Gasteiger partial charge in [0.05, 0.1) is 5.92 Å². The van der Waals surface area contributed by atoms with Gasteiger partial charge >= 0.3 is 0 Å². The van der Waals surface area contributed by atoms with Crippen molar-refractivity contribution < 1.29 is 14.3 Å². The number of ether oxygens (including phenoxy) is 1.